The maximum atomic E-state index is 6.29. The molecule has 3 rings (SSSR count). The summed E-state index contributed by atoms with van der Waals surface area (Å²) < 4.78 is 12.2. The summed E-state index contributed by atoms with van der Waals surface area (Å²) in [7, 11) is 1.64. The van der Waals surface area contributed by atoms with E-state index in [-0.39, 0.29) is 12.1 Å². The summed E-state index contributed by atoms with van der Waals surface area (Å²) in [5.74, 6) is 1.59. The van der Waals surface area contributed by atoms with Crippen LogP contribution in [0.4, 0.5) is 0 Å². The third kappa shape index (κ3) is 2.89. The lowest BCUT2D eigenvalue weighted by molar-refractivity contribution is 0.161. The van der Waals surface area contributed by atoms with Crippen molar-refractivity contribution in [1.82, 2.24) is 0 Å². The molecule has 5 heteroatoms. The smallest absolute Gasteiger partial charge is 0.126 e. The van der Waals surface area contributed by atoms with Gasteiger partial charge in [-0.25, -0.2) is 0 Å². The number of methoxy groups -OCH3 is 1. The molecule has 110 valence electrons. The molecule has 0 spiro atoms. The summed E-state index contributed by atoms with van der Waals surface area (Å²) >= 11 is 9.55. The van der Waals surface area contributed by atoms with Crippen LogP contribution >= 0.6 is 27.5 Å². The zero-order valence-electron chi connectivity index (χ0n) is 11.5. The van der Waals surface area contributed by atoms with Crippen LogP contribution in [0.5, 0.6) is 11.5 Å². The van der Waals surface area contributed by atoms with E-state index in [1.54, 1.807) is 7.11 Å². The first-order chi connectivity index (χ1) is 10.1. The molecule has 2 aromatic rings. The lowest BCUT2D eigenvalue weighted by Crippen LogP contribution is -2.24. The highest BCUT2D eigenvalue weighted by Crippen LogP contribution is 2.42. The molecule has 2 atom stereocenters. The summed E-state index contributed by atoms with van der Waals surface area (Å²) in [4.78, 5) is 0. The van der Waals surface area contributed by atoms with E-state index < -0.39 is 0 Å². The minimum Gasteiger partial charge on any atom is -0.497 e. The highest BCUT2D eigenvalue weighted by atomic mass is 79.9. The molecule has 0 saturated carbocycles. The van der Waals surface area contributed by atoms with E-state index in [1.807, 2.05) is 36.4 Å². The highest BCUT2D eigenvalue weighted by molar-refractivity contribution is 9.10. The molecular formula is C16H15BrClNO2. The van der Waals surface area contributed by atoms with Crippen LogP contribution in [0.15, 0.2) is 40.9 Å². The molecule has 1 unspecified atom stereocenters. The molecule has 0 fully saturated rings. The van der Waals surface area contributed by atoms with Crippen molar-refractivity contribution in [2.75, 3.05) is 7.11 Å². The molecule has 0 bridgehead atoms. The SMILES string of the molecule is COc1ccc2c(c1)[C@H](N)CC(c1ccc(Br)c(Cl)c1)O2. The molecule has 0 aromatic heterocycles. The summed E-state index contributed by atoms with van der Waals surface area (Å²) in [6.07, 6.45) is 0.615. The number of halogens is 2. The second-order valence-electron chi connectivity index (χ2n) is 5.03. The Morgan fingerprint density at radius 1 is 1.29 bits per heavy atom. The maximum absolute atomic E-state index is 6.29. The van der Waals surface area contributed by atoms with Crippen molar-refractivity contribution in [3.05, 3.63) is 57.0 Å². The van der Waals surface area contributed by atoms with Gasteiger partial charge in [0.05, 0.1) is 12.1 Å². The van der Waals surface area contributed by atoms with Crippen molar-refractivity contribution < 1.29 is 9.47 Å². The number of hydrogen-bond acceptors (Lipinski definition) is 3. The van der Waals surface area contributed by atoms with Crippen molar-refractivity contribution in [3.8, 4) is 11.5 Å². The zero-order chi connectivity index (χ0) is 15.0. The Bertz CT molecular complexity index is 677. The van der Waals surface area contributed by atoms with Crippen LogP contribution in [0.1, 0.15) is 29.7 Å². The van der Waals surface area contributed by atoms with E-state index in [1.165, 1.54) is 0 Å². The molecule has 2 aromatic carbocycles. The second kappa shape index (κ2) is 5.87. The van der Waals surface area contributed by atoms with E-state index in [4.69, 9.17) is 26.8 Å². The van der Waals surface area contributed by atoms with Crippen molar-refractivity contribution in [1.29, 1.82) is 0 Å². The van der Waals surface area contributed by atoms with E-state index in [0.717, 1.165) is 27.1 Å². The van der Waals surface area contributed by atoms with Crippen molar-refractivity contribution in [2.45, 2.75) is 18.6 Å². The maximum Gasteiger partial charge on any atom is 0.126 e. The molecule has 0 amide bonds. The van der Waals surface area contributed by atoms with Crippen molar-refractivity contribution in [2.24, 2.45) is 5.73 Å². The first-order valence-corrected chi connectivity index (χ1v) is 7.80. The number of nitrogens with two attached hydrogens (primary N) is 1. The second-order valence-corrected chi connectivity index (χ2v) is 6.29. The van der Waals surface area contributed by atoms with Gasteiger partial charge < -0.3 is 15.2 Å². The van der Waals surface area contributed by atoms with Gasteiger partial charge in [0.2, 0.25) is 0 Å². The number of hydrogen-bond donors (Lipinski definition) is 1. The van der Waals surface area contributed by atoms with Crippen LogP contribution in [-0.2, 0) is 0 Å². The van der Waals surface area contributed by atoms with Gasteiger partial charge in [0.25, 0.3) is 0 Å². The van der Waals surface area contributed by atoms with Gasteiger partial charge in [-0.15, -0.1) is 0 Å². The molecular weight excluding hydrogens is 354 g/mol. The Balaban J connectivity index is 1.92. The molecule has 3 nitrogen and oxygen atoms in total. The van der Waals surface area contributed by atoms with E-state index in [0.29, 0.717) is 11.4 Å². The normalized spacial score (nSPS) is 20.6. The Kier molecular flexibility index (Phi) is 4.11. The van der Waals surface area contributed by atoms with Gasteiger partial charge in [-0.05, 0) is 51.8 Å². The third-order valence-electron chi connectivity index (χ3n) is 3.67. The summed E-state index contributed by atoms with van der Waals surface area (Å²) in [5, 5.41) is 0.671. The molecule has 1 aliphatic heterocycles. The van der Waals surface area contributed by atoms with E-state index in [9.17, 15) is 0 Å². The summed E-state index contributed by atoms with van der Waals surface area (Å²) in [6, 6.07) is 11.5. The highest BCUT2D eigenvalue weighted by Gasteiger charge is 2.27. The first kappa shape index (κ1) is 14.7. The minimum absolute atomic E-state index is 0.0868. The lowest BCUT2D eigenvalue weighted by atomic mass is 9.93. The predicted molar refractivity (Wildman–Crippen MR) is 87.1 cm³/mol. The van der Waals surface area contributed by atoms with Gasteiger partial charge in [0, 0.05) is 22.5 Å². The fraction of sp³-hybridized carbons (Fsp3) is 0.250. The topological polar surface area (TPSA) is 44.5 Å². The summed E-state index contributed by atoms with van der Waals surface area (Å²) in [5.41, 5.74) is 8.30. The zero-order valence-corrected chi connectivity index (χ0v) is 13.8. The molecule has 2 N–H and O–H groups in total. The predicted octanol–water partition coefficient (Wildman–Crippen LogP) is 4.63. The van der Waals surface area contributed by atoms with Gasteiger partial charge in [0.15, 0.2) is 0 Å². The Morgan fingerprint density at radius 3 is 2.81 bits per heavy atom. The average molecular weight is 369 g/mol. The fourth-order valence-electron chi connectivity index (χ4n) is 2.53. The molecule has 1 aliphatic rings. The molecule has 1 heterocycles. The molecule has 0 radical (unpaired) electrons. The van der Waals surface area contributed by atoms with Gasteiger partial charge in [-0.2, -0.15) is 0 Å². The number of benzene rings is 2. The Labute approximate surface area is 137 Å². The van der Waals surface area contributed by atoms with E-state index in [2.05, 4.69) is 15.9 Å². The van der Waals surface area contributed by atoms with Crippen LogP contribution in [-0.4, -0.2) is 7.11 Å². The van der Waals surface area contributed by atoms with Gasteiger partial charge in [-0.1, -0.05) is 17.7 Å². The summed E-state index contributed by atoms with van der Waals surface area (Å²) in [6.45, 7) is 0. The Hall–Kier alpha value is -1.23. The largest absolute Gasteiger partial charge is 0.497 e. The van der Waals surface area contributed by atoms with Crippen LogP contribution in [0.2, 0.25) is 5.02 Å². The molecule has 0 aliphatic carbocycles. The monoisotopic (exact) mass is 367 g/mol. The van der Waals surface area contributed by atoms with Crippen LogP contribution in [0.25, 0.3) is 0 Å². The average Bonchev–Trinajstić information content (AvgIpc) is 2.49. The van der Waals surface area contributed by atoms with Crippen LogP contribution < -0.4 is 15.2 Å². The third-order valence-corrected chi connectivity index (χ3v) is 4.90. The van der Waals surface area contributed by atoms with Gasteiger partial charge in [-0.3, -0.25) is 0 Å². The van der Waals surface area contributed by atoms with Gasteiger partial charge >= 0.3 is 0 Å². The standard InChI is InChI=1S/C16H15BrClNO2/c1-20-10-3-5-15-11(7-10)14(19)8-16(21-15)9-2-4-12(17)13(18)6-9/h2-7,14,16H,8,19H2,1H3/t14-,16?/m1/s1. The van der Waals surface area contributed by atoms with Gasteiger partial charge in [0.1, 0.15) is 17.6 Å². The minimum atomic E-state index is -0.0912. The molecule has 21 heavy (non-hydrogen) atoms. The quantitative estimate of drug-likeness (QED) is 0.840. The number of rotatable bonds is 2. The van der Waals surface area contributed by atoms with Crippen molar-refractivity contribution >= 4 is 27.5 Å². The van der Waals surface area contributed by atoms with Crippen molar-refractivity contribution in [3.63, 3.8) is 0 Å². The van der Waals surface area contributed by atoms with E-state index >= 15 is 0 Å². The Morgan fingerprint density at radius 2 is 2.10 bits per heavy atom. The molecule has 0 saturated heterocycles. The lowest BCUT2D eigenvalue weighted by Gasteiger charge is -2.31. The first-order valence-electron chi connectivity index (χ1n) is 6.63. The fourth-order valence-corrected chi connectivity index (χ4v) is 2.96. The number of fused-ring (bicyclic) bond motifs is 1. The van der Waals surface area contributed by atoms with Crippen LogP contribution in [0, 0.1) is 0 Å². The van der Waals surface area contributed by atoms with Crippen LogP contribution in [0.3, 0.4) is 0 Å². The number of ether oxygens (including phenoxy) is 2.